The van der Waals surface area contributed by atoms with Gasteiger partial charge in [-0.05, 0) is 80.7 Å². The Morgan fingerprint density at radius 3 is 2.32 bits per heavy atom. The lowest BCUT2D eigenvalue weighted by atomic mass is 9.81. The van der Waals surface area contributed by atoms with E-state index < -0.39 is 26.1 Å². The van der Waals surface area contributed by atoms with Crippen LogP contribution in [0, 0.1) is 17.4 Å². The summed E-state index contributed by atoms with van der Waals surface area (Å²) in [5, 5.41) is 11.0. The molecule has 3 aliphatic rings. The van der Waals surface area contributed by atoms with E-state index in [1.54, 1.807) is 9.13 Å². The maximum Gasteiger partial charge on any atom is 0.312 e. The number of carbonyl (C=O) groups is 2. The Labute approximate surface area is 366 Å². The summed E-state index contributed by atoms with van der Waals surface area (Å²) in [4.78, 5) is 42.6. The van der Waals surface area contributed by atoms with E-state index in [0.717, 1.165) is 47.1 Å². The van der Waals surface area contributed by atoms with Gasteiger partial charge in [-0.1, -0.05) is 37.1 Å². The first-order valence-corrected chi connectivity index (χ1v) is 24.7. The molecule has 0 saturated heterocycles. The minimum absolute atomic E-state index is 0.00918. The normalized spacial score (nSPS) is 16.6. The molecule has 3 heterocycles. The second kappa shape index (κ2) is 18.8. The van der Waals surface area contributed by atoms with E-state index in [0.29, 0.717) is 49.3 Å². The quantitative estimate of drug-likeness (QED) is 0.0304. The number of aromatic nitrogens is 6. The van der Waals surface area contributed by atoms with E-state index in [1.165, 1.54) is 12.6 Å². The van der Waals surface area contributed by atoms with Crippen molar-refractivity contribution in [3.63, 3.8) is 0 Å². The number of rotatable bonds is 21. The number of halogens is 1. The molecule has 0 bridgehead atoms. The van der Waals surface area contributed by atoms with E-state index in [1.807, 2.05) is 19.1 Å². The van der Waals surface area contributed by atoms with Gasteiger partial charge in [0.1, 0.15) is 29.0 Å². The smallest absolute Gasteiger partial charge is 0.312 e. The molecule has 18 nitrogen and oxygen atoms in total. The highest BCUT2D eigenvalue weighted by Gasteiger charge is 2.31. The molecule has 4 aromatic rings. The second-order valence-electron chi connectivity index (χ2n) is 16.3. The molecule has 0 radical (unpaired) electrons. The number of carbonyl (C=O) groups excluding carboxylic acids is 2. The minimum atomic E-state index is -3.82. The van der Waals surface area contributed by atoms with E-state index in [4.69, 9.17) is 21.9 Å². The van der Waals surface area contributed by atoms with Gasteiger partial charge < -0.3 is 25.9 Å². The third kappa shape index (κ3) is 10.1. The van der Waals surface area contributed by atoms with Crippen LogP contribution < -0.4 is 26.2 Å². The molecule has 0 aliphatic heterocycles. The van der Waals surface area contributed by atoms with Crippen LogP contribution in [0.2, 0.25) is 0 Å². The third-order valence-electron chi connectivity index (χ3n) is 12.2. The number of Topliss-reactive ketones (excluding diaryl/α,β-unsaturated/α-hetero) is 2. The maximum absolute atomic E-state index is 15.1. The number of nitrogens with one attached hydrogen (secondary N) is 4. The predicted octanol–water partition coefficient (Wildman–Crippen LogP) is 3.23. The zero-order valence-corrected chi connectivity index (χ0v) is 37.4. The largest absolute Gasteiger partial charge is 0.383 e. The number of nitrogen functional groups attached to an aromatic ring is 2. The summed E-state index contributed by atoms with van der Waals surface area (Å²) in [6, 6.07) is 3.95. The fourth-order valence-corrected chi connectivity index (χ4v) is 10.7. The number of hydrogen-bond donors (Lipinski definition) is 6. The van der Waals surface area contributed by atoms with Crippen LogP contribution in [0.3, 0.4) is 0 Å². The molecular formula is C42H55FN12O6S2. The number of ketones is 2. The van der Waals surface area contributed by atoms with Gasteiger partial charge in [-0.2, -0.15) is 14.4 Å². The second-order valence-corrected chi connectivity index (χ2v) is 20.2. The highest BCUT2D eigenvalue weighted by molar-refractivity contribution is 7.89. The number of sulfonamides is 2. The van der Waals surface area contributed by atoms with Crippen molar-refractivity contribution >= 4 is 60.2 Å². The first-order chi connectivity index (χ1) is 30.0. The van der Waals surface area contributed by atoms with Crippen molar-refractivity contribution in [1.29, 1.82) is 5.41 Å². The van der Waals surface area contributed by atoms with Crippen molar-refractivity contribution in [2.75, 3.05) is 42.7 Å². The number of fused-ring (bicyclic) bond motifs is 2. The maximum atomic E-state index is 15.1. The number of allylic oxidation sites excluding steroid dienone is 4. The first-order valence-electron chi connectivity index (χ1n) is 21.4. The van der Waals surface area contributed by atoms with E-state index in [-0.39, 0.29) is 109 Å². The van der Waals surface area contributed by atoms with E-state index in [2.05, 4.69) is 42.7 Å². The van der Waals surface area contributed by atoms with Crippen LogP contribution in [-0.4, -0.2) is 95.0 Å². The summed E-state index contributed by atoms with van der Waals surface area (Å²) in [6.45, 7) is 4.38. The lowest BCUT2D eigenvalue weighted by Gasteiger charge is -2.24. The van der Waals surface area contributed by atoms with Crippen LogP contribution in [0.4, 0.5) is 16.0 Å². The molecule has 1 unspecified atom stereocenters. The van der Waals surface area contributed by atoms with Crippen molar-refractivity contribution in [2.45, 2.75) is 97.6 Å². The van der Waals surface area contributed by atoms with Gasteiger partial charge in [0.05, 0.1) is 11.5 Å². The number of nitrogens with two attached hydrogens (primary N) is 2. The average molecular weight is 907 g/mol. The molecule has 3 aliphatic carbocycles. The minimum Gasteiger partial charge on any atom is -0.383 e. The summed E-state index contributed by atoms with van der Waals surface area (Å²) in [6.07, 6.45) is 6.72. The molecule has 63 heavy (non-hydrogen) atoms. The van der Waals surface area contributed by atoms with Crippen LogP contribution in [0.1, 0.15) is 103 Å². The van der Waals surface area contributed by atoms with Gasteiger partial charge in [0.15, 0.2) is 28.5 Å². The number of hydrogen-bond acceptors (Lipinski definition) is 13. The molecule has 1 atom stereocenters. The number of amidine groups is 1. The average Bonchev–Trinajstić information content (AvgIpc) is 3.99. The molecule has 3 aromatic heterocycles. The summed E-state index contributed by atoms with van der Waals surface area (Å²) < 4.78 is 74.3. The Morgan fingerprint density at radius 2 is 1.60 bits per heavy atom. The standard InChI is InChI=1S/C42H55FN12O6S2/c1-4-24-18-26-8-10-32(56)30(26)20-28(24)22-34-50-36(38(44)45)39(46)54(34)14-6-17-63(60,61)49-13-12-48-40-37-41(53-42(43)52-40)55(15-7-16-62(58,59)47-3)35(51-37)23-29-21-31-27(9-11-33(31)57)19-25(29)5-2/h19-21,24,47,49H,4-18,22-23,46H2,1-3H3,(H3,44,45)(H,48,52,53). The molecule has 8 N–H and O–H groups in total. The molecule has 0 spiro atoms. The van der Waals surface area contributed by atoms with Crippen molar-refractivity contribution in [3.8, 4) is 0 Å². The van der Waals surface area contributed by atoms with E-state index >= 15 is 4.39 Å². The van der Waals surface area contributed by atoms with Gasteiger partial charge in [0.2, 0.25) is 20.0 Å². The lowest BCUT2D eigenvalue weighted by Crippen LogP contribution is -2.31. The SMILES string of the molecule is CCc1cc2c(cc1Cc1nc3c(NCCNS(=O)(=O)CCCn4c(CC5=CC6=C(CCC6=O)CC5CC)nc(C(=N)N)c4N)nc(F)nc3n1CCCS(=O)(=O)NC)C(=O)CC2. The number of nitrogens with zero attached hydrogens (tertiary/aromatic N) is 6. The van der Waals surface area contributed by atoms with Gasteiger partial charge in [-0.15, -0.1) is 0 Å². The molecule has 338 valence electrons. The van der Waals surface area contributed by atoms with Crippen LogP contribution >= 0.6 is 0 Å². The van der Waals surface area contributed by atoms with Crippen molar-refractivity contribution in [2.24, 2.45) is 11.7 Å². The molecular weight excluding hydrogens is 852 g/mol. The third-order valence-corrected chi connectivity index (χ3v) is 15.2. The summed E-state index contributed by atoms with van der Waals surface area (Å²) in [7, 11) is -6.02. The Balaban J connectivity index is 1.03. The van der Waals surface area contributed by atoms with Crippen LogP contribution in [0.5, 0.6) is 0 Å². The first kappa shape index (κ1) is 45.6. The predicted molar refractivity (Wildman–Crippen MR) is 238 cm³/mol. The van der Waals surface area contributed by atoms with Gasteiger partial charge in [-0.3, -0.25) is 15.0 Å². The molecule has 0 saturated carbocycles. The van der Waals surface area contributed by atoms with E-state index in [9.17, 15) is 26.4 Å². The number of benzene rings is 1. The van der Waals surface area contributed by atoms with Gasteiger partial charge in [0, 0.05) is 63.0 Å². The summed E-state index contributed by atoms with van der Waals surface area (Å²) in [5.74, 6) is 0.891. The molecule has 0 amide bonds. The summed E-state index contributed by atoms with van der Waals surface area (Å²) in [5.41, 5.74) is 19.3. The summed E-state index contributed by atoms with van der Waals surface area (Å²) >= 11 is 0. The Kier molecular flexibility index (Phi) is 13.6. The fourth-order valence-electron chi connectivity index (χ4n) is 8.89. The van der Waals surface area contributed by atoms with Crippen molar-refractivity contribution in [1.82, 2.24) is 38.5 Å². The number of anilines is 2. The fraction of sp³-hybridized carbons (Fsp3) is 0.500. The molecule has 21 heteroatoms. The lowest BCUT2D eigenvalue weighted by molar-refractivity contribution is -0.114. The number of imidazole rings is 2. The molecule has 1 aromatic carbocycles. The van der Waals surface area contributed by atoms with Crippen molar-refractivity contribution in [3.05, 3.63) is 80.6 Å². The zero-order chi connectivity index (χ0) is 45.2. The topological polar surface area (TPSA) is 276 Å². The Morgan fingerprint density at radius 1 is 0.889 bits per heavy atom. The van der Waals surface area contributed by atoms with Gasteiger partial charge >= 0.3 is 6.08 Å². The van der Waals surface area contributed by atoms with Crippen LogP contribution in [0.25, 0.3) is 11.2 Å². The van der Waals surface area contributed by atoms with Crippen LogP contribution in [0.15, 0.2) is 34.9 Å². The van der Waals surface area contributed by atoms with Gasteiger partial charge in [0.25, 0.3) is 0 Å². The zero-order valence-electron chi connectivity index (χ0n) is 35.8. The Bertz CT molecular complexity index is 2780. The monoisotopic (exact) mass is 906 g/mol. The van der Waals surface area contributed by atoms with Crippen LogP contribution in [-0.2, 0) is 63.6 Å². The number of aryl methyl sites for hydroxylation is 3. The molecule has 7 rings (SSSR count). The van der Waals surface area contributed by atoms with Crippen molar-refractivity contribution < 1.29 is 30.8 Å². The van der Waals surface area contributed by atoms with Gasteiger partial charge in [-0.25, -0.2) is 36.2 Å². The highest BCUT2D eigenvalue weighted by Crippen LogP contribution is 2.40. The molecule has 0 fully saturated rings. The Hall–Kier alpha value is -5.38. The highest BCUT2D eigenvalue weighted by atomic mass is 32.2.